The second kappa shape index (κ2) is 8.59. The number of hydrogen-bond acceptors (Lipinski definition) is 5. The van der Waals surface area contributed by atoms with Crippen LogP contribution in [0.4, 0.5) is 10.5 Å². The van der Waals surface area contributed by atoms with Crippen LogP contribution in [0.2, 0.25) is 0 Å². The molecule has 0 fully saturated rings. The largest absolute Gasteiger partial charge is 0.513 e. The Morgan fingerprint density at radius 3 is 2.57 bits per heavy atom. The van der Waals surface area contributed by atoms with Gasteiger partial charge in [-0.25, -0.2) is 14.3 Å². The van der Waals surface area contributed by atoms with Crippen molar-refractivity contribution < 1.29 is 19.0 Å². The molecule has 0 saturated carbocycles. The quantitative estimate of drug-likeness (QED) is 0.308. The summed E-state index contributed by atoms with van der Waals surface area (Å²) in [5.41, 5.74) is 2.66. The highest BCUT2D eigenvalue weighted by molar-refractivity contribution is 9.10. The molecule has 1 aromatic heterocycles. The van der Waals surface area contributed by atoms with Crippen LogP contribution < -0.4 is 9.47 Å². The summed E-state index contributed by atoms with van der Waals surface area (Å²) in [5, 5.41) is 4.38. The molecule has 0 bridgehead atoms. The molecule has 0 aliphatic heterocycles. The van der Waals surface area contributed by atoms with Crippen LogP contribution >= 0.6 is 15.9 Å². The molecule has 0 spiro atoms. The van der Waals surface area contributed by atoms with Gasteiger partial charge >= 0.3 is 6.16 Å². The number of rotatable bonds is 5. The Hall–Kier alpha value is -3.31. The van der Waals surface area contributed by atoms with E-state index in [-0.39, 0.29) is 6.61 Å². The minimum Gasteiger partial charge on any atom is -0.489 e. The van der Waals surface area contributed by atoms with Gasteiger partial charge < -0.3 is 14.2 Å². The number of benzene rings is 2. The van der Waals surface area contributed by atoms with Crippen molar-refractivity contribution in [1.82, 2.24) is 9.78 Å². The minimum absolute atomic E-state index is 0.221. The van der Waals surface area contributed by atoms with E-state index in [1.165, 1.54) is 7.11 Å². The van der Waals surface area contributed by atoms with Crippen molar-refractivity contribution in [2.24, 2.45) is 0 Å². The van der Waals surface area contributed by atoms with Gasteiger partial charge in [0.15, 0.2) is 0 Å². The summed E-state index contributed by atoms with van der Waals surface area (Å²) in [5.74, 6) is 1.02. The van der Waals surface area contributed by atoms with Crippen molar-refractivity contribution in [1.29, 1.82) is 0 Å². The van der Waals surface area contributed by atoms with Crippen LogP contribution in [0.5, 0.6) is 11.5 Å². The molecule has 0 N–H and O–H groups in total. The molecular formula is C20H16BrN3O4. The summed E-state index contributed by atoms with van der Waals surface area (Å²) >= 11 is 3.42. The molecule has 28 heavy (non-hydrogen) atoms. The van der Waals surface area contributed by atoms with Gasteiger partial charge in [0.2, 0.25) is 5.69 Å². The maximum atomic E-state index is 11.3. The summed E-state index contributed by atoms with van der Waals surface area (Å²) in [6, 6.07) is 14.4. The standard InChI is InChI=1S/C20H16BrN3O4/c1-13-18(22-2)19(21)24(23-13)15-8-10-16(11-9-15)27-12-14-6-4-5-7-17(14)28-20(25)26-3/h4-11H,12H2,1,3H3. The van der Waals surface area contributed by atoms with Crippen molar-refractivity contribution >= 4 is 27.8 Å². The molecule has 142 valence electrons. The number of nitrogens with zero attached hydrogens (tertiary/aromatic N) is 3. The molecule has 0 radical (unpaired) electrons. The van der Waals surface area contributed by atoms with E-state index in [1.807, 2.05) is 24.3 Å². The number of carbonyl (C=O) groups excluding carboxylic acids is 1. The zero-order valence-corrected chi connectivity index (χ0v) is 16.8. The number of carbonyl (C=O) groups is 1. The van der Waals surface area contributed by atoms with Crippen LogP contribution in [-0.2, 0) is 11.3 Å². The smallest absolute Gasteiger partial charge is 0.489 e. The van der Waals surface area contributed by atoms with Gasteiger partial charge in [-0.1, -0.05) is 18.2 Å². The van der Waals surface area contributed by atoms with E-state index in [2.05, 4.69) is 30.6 Å². The molecule has 2 aromatic carbocycles. The Labute approximate surface area is 170 Å². The second-order valence-electron chi connectivity index (χ2n) is 5.69. The van der Waals surface area contributed by atoms with E-state index < -0.39 is 6.16 Å². The Bertz CT molecular complexity index is 1040. The molecule has 8 heteroatoms. The lowest BCUT2D eigenvalue weighted by Gasteiger charge is -2.11. The maximum absolute atomic E-state index is 11.3. The Morgan fingerprint density at radius 2 is 1.93 bits per heavy atom. The molecule has 0 saturated heterocycles. The van der Waals surface area contributed by atoms with E-state index >= 15 is 0 Å². The predicted molar refractivity (Wildman–Crippen MR) is 106 cm³/mol. The first-order valence-corrected chi connectivity index (χ1v) is 9.02. The first kappa shape index (κ1) is 19.5. The molecule has 7 nitrogen and oxygen atoms in total. The fourth-order valence-electron chi connectivity index (χ4n) is 2.49. The van der Waals surface area contributed by atoms with E-state index in [0.29, 0.717) is 33.0 Å². The van der Waals surface area contributed by atoms with Crippen LogP contribution in [0.15, 0.2) is 53.1 Å². The number of methoxy groups -OCH3 is 1. The monoisotopic (exact) mass is 441 g/mol. The summed E-state index contributed by atoms with van der Waals surface area (Å²) in [6.45, 7) is 9.24. The first-order valence-electron chi connectivity index (χ1n) is 8.23. The fraction of sp³-hybridized carbons (Fsp3) is 0.150. The average Bonchev–Trinajstić information content (AvgIpc) is 3.01. The highest BCUT2D eigenvalue weighted by Gasteiger charge is 2.14. The van der Waals surface area contributed by atoms with Gasteiger partial charge in [-0.05, 0) is 53.2 Å². The Morgan fingerprint density at radius 1 is 1.21 bits per heavy atom. The van der Waals surface area contributed by atoms with E-state index in [0.717, 1.165) is 5.69 Å². The number of para-hydroxylation sites is 1. The summed E-state index contributed by atoms with van der Waals surface area (Å²) in [4.78, 5) is 14.8. The third-order valence-electron chi connectivity index (χ3n) is 3.89. The molecule has 3 aromatic rings. The van der Waals surface area contributed by atoms with E-state index in [4.69, 9.17) is 16.0 Å². The van der Waals surface area contributed by atoms with Gasteiger partial charge in [0.1, 0.15) is 22.7 Å². The summed E-state index contributed by atoms with van der Waals surface area (Å²) in [6.07, 6.45) is -0.782. The average molecular weight is 442 g/mol. The Kier molecular flexibility index (Phi) is 5.96. The highest BCUT2D eigenvalue weighted by atomic mass is 79.9. The molecule has 3 rings (SSSR count). The number of ether oxygens (including phenoxy) is 3. The van der Waals surface area contributed by atoms with Crippen molar-refractivity contribution in [3.63, 3.8) is 0 Å². The van der Waals surface area contributed by atoms with E-state index in [9.17, 15) is 4.79 Å². The SMILES string of the molecule is [C-]#[N+]c1c(C)nn(-c2ccc(OCc3ccccc3OC(=O)OC)cc2)c1Br. The van der Waals surface area contributed by atoms with E-state index in [1.54, 1.807) is 35.9 Å². The van der Waals surface area contributed by atoms with Crippen molar-refractivity contribution in [2.45, 2.75) is 13.5 Å². The first-order chi connectivity index (χ1) is 13.5. The lowest BCUT2D eigenvalue weighted by Crippen LogP contribution is -2.09. The molecule has 0 aliphatic rings. The van der Waals surface area contributed by atoms with Crippen molar-refractivity contribution in [3.8, 4) is 17.2 Å². The van der Waals surface area contributed by atoms with Crippen LogP contribution in [-0.4, -0.2) is 23.0 Å². The van der Waals surface area contributed by atoms with Crippen molar-refractivity contribution in [3.05, 3.63) is 75.8 Å². The third kappa shape index (κ3) is 4.15. The molecule has 0 unspecified atom stereocenters. The van der Waals surface area contributed by atoms with Gasteiger partial charge in [-0.3, -0.25) is 0 Å². The van der Waals surface area contributed by atoms with Gasteiger partial charge in [0.25, 0.3) is 0 Å². The van der Waals surface area contributed by atoms with Crippen molar-refractivity contribution in [2.75, 3.05) is 7.11 Å². The predicted octanol–water partition coefficient (Wildman–Crippen LogP) is 5.22. The number of aromatic nitrogens is 2. The molecule has 0 aliphatic carbocycles. The molecule has 1 heterocycles. The van der Waals surface area contributed by atoms with Gasteiger partial charge in [0.05, 0.1) is 25.1 Å². The number of halogens is 1. The number of aryl methyl sites for hydroxylation is 1. The van der Waals surface area contributed by atoms with Gasteiger partial charge in [-0.15, -0.1) is 0 Å². The van der Waals surface area contributed by atoms with Crippen LogP contribution in [0.25, 0.3) is 10.5 Å². The van der Waals surface area contributed by atoms with Crippen LogP contribution in [0.3, 0.4) is 0 Å². The maximum Gasteiger partial charge on any atom is 0.513 e. The third-order valence-corrected chi connectivity index (χ3v) is 4.61. The second-order valence-corrected chi connectivity index (χ2v) is 6.45. The molecule has 0 amide bonds. The fourth-order valence-corrected chi connectivity index (χ4v) is 3.15. The summed E-state index contributed by atoms with van der Waals surface area (Å²) < 4.78 is 17.7. The highest BCUT2D eigenvalue weighted by Crippen LogP contribution is 2.31. The lowest BCUT2D eigenvalue weighted by molar-refractivity contribution is 0.120. The van der Waals surface area contributed by atoms with Crippen LogP contribution in [0, 0.1) is 13.5 Å². The number of hydrogen-bond donors (Lipinski definition) is 0. The zero-order valence-electron chi connectivity index (χ0n) is 15.2. The van der Waals surface area contributed by atoms with Crippen LogP contribution in [0.1, 0.15) is 11.3 Å². The van der Waals surface area contributed by atoms with Gasteiger partial charge in [0, 0.05) is 5.56 Å². The zero-order chi connectivity index (χ0) is 20.1. The van der Waals surface area contributed by atoms with Gasteiger partial charge in [-0.2, -0.15) is 5.10 Å². The normalized spacial score (nSPS) is 10.2. The minimum atomic E-state index is -0.782. The molecule has 0 atom stereocenters. The summed E-state index contributed by atoms with van der Waals surface area (Å²) in [7, 11) is 1.25. The Balaban J connectivity index is 1.73. The molecular weight excluding hydrogens is 426 g/mol. The lowest BCUT2D eigenvalue weighted by atomic mass is 10.2. The topological polar surface area (TPSA) is 66.9 Å².